The Labute approximate surface area is 186 Å². The summed E-state index contributed by atoms with van der Waals surface area (Å²) in [5.74, 6) is 0. The molecule has 0 bridgehead atoms. The van der Waals surface area contributed by atoms with Gasteiger partial charge in [0.2, 0.25) is 0 Å². The van der Waals surface area contributed by atoms with Crippen LogP contribution in [0.3, 0.4) is 0 Å². The van der Waals surface area contributed by atoms with E-state index < -0.39 is 0 Å². The lowest BCUT2D eigenvalue weighted by molar-refractivity contribution is 0.257. The van der Waals surface area contributed by atoms with E-state index >= 15 is 0 Å². The molecule has 2 aromatic heterocycles. The third kappa shape index (κ3) is 4.46. The van der Waals surface area contributed by atoms with E-state index in [4.69, 9.17) is 4.42 Å². The average Bonchev–Trinajstić information content (AvgIpc) is 2.85. The molecule has 158 valence electrons. The predicted molar refractivity (Wildman–Crippen MR) is 128 cm³/mol. The number of para-hydroxylation sites is 1. The lowest BCUT2D eigenvalue weighted by atomic mass is 10.1. The lowest BCUT2D eigenvalue weighted by Crippen LogP contribution is -2.28. The van der Waals surface area contributed by atoms with Crippen LogP contribution in [0.25, 0.3) is 21.7 Å². The fraction of sp³-hybridized carbons (Fsp3) is 0.143. The van der Waals surface area contributed by atoms with Gasteiger partial charge in [-0.05, 0) is 46.7 Å². The van der Waals surface area contributed by atoms with Crippen molar-refractivity contribution in [3.8, 4) is 0 Å². The molecule has 0 aliphatic carbocycles. The zero-order chi connectivity index (χ0) is 21.8. The topological polar surface area (TPSA) is 46.3 Å². The molecule has 0 saturated heterocycles. The van der Waals surface area contributed by atoms with Gasteiger partial charge in [-0.3, -0.25) is 14.7 Å². The molecule has 0 saturated carbocycles. The summed E-state index contributed by atoms with van der Waals surface area (Å²) in [5, 5.41) is 3.08. The molecule has 0 unspecified atom stereocenters. The second kappa shape index (κ2) is 9.16. The van der Waals surface area contributed by atoms with Gasteiger partial charge in [-0.15, -0.1) is 0 Å². The van der Waals surface area contributed by atoms with Crippen molar-refractivity contribution in [3.05, 3.63) is 124 Å². The first kappa shape index (κ1) is 20.2. The number of benzene rings is 3. The molecule has 0 amide bonds. The fourth-order valence-electron chi connectivity index (χ4n) is 4.10. The van der Waals surface area contributed by atoms with Gasteiger partial charge < -0.3 is 4.42 Å². The zero-order valence-corrected chi connectivity index (χ0v) is 17.8. The van der Waals surface area contributed by atoms with Crippen LogP contribution in [-0.2, 0) is 19.5 Å². The molecule has 32 heavy (non-hydrogen) atoms. The number of rotatable bonds is 7. The van der Waals surface area contributed by atoms with E-state index in [9.17, 15) is 4.79 Å². The summed E-state index contributed by atoms with van der Waals surface area (Å²) in [7, 11) is 0. The molecular weight excluding hydrogens is 396 g/mol. The first-order valence-corrected chi connectivity index (χ1v) is 10.9. The van der Waals surface area contributed by atoms with E-state index in [1.165, 1.54) is 16.3 Å². The summed E-state index contributed by atoms with van der Waals surface area (Å²) in [6, 6.07) is 28.3. The highest BCUT2D eigenvalue weighted by atomic mass is 16.3. The maximum Gasteiger partial charge on any atom is 0.197 e. The largest absolute Gasteiger partial charge is 0.464 e. The summed E-state index contributed by atoms with van der Waals surface area (Å²) in [6.07, 6.45) is 4.24. The van der Waals surface area contributed by atoms with Crippen molar-refractivity contribution in [1.29, 1.82) is 0 Å². The molecule has 0 fully saturated rings. The number of nitrogens with zero attached hydrogens (tertiary/aromatic N) is 2. The molecule has 2 heterocycles. The van der Waals surface area contributed by atoms with Gasteiger partial charge in [-0.1, -0.05) is 54.6 Å². The second-order valence-corrected chi connectivity index (χ2v) is 8.05. The van der Waals surface area contributed by atoms with Crippen molar-refractivity contribution >= 4 is 21.7 Å². The number of hydrogen-bond acceptors (Lipinski definition) is 4. The molecule has 4 nitrogen and oxygen atoms in total. The summed E-state index contributed by atoms with van der Waals surface area (Å²) >= 11 is 0. The quantitative estimate of drug-likeness (QED) is 0.345. The fourth-order valence-corrected chi connectivity index (χ4v) is 4.10. The van der Waals surface area contributed by atoms with Gasteiger partial charge in [0.05, 0.1) is 11.6 Å². The van der Waals surface area contributed by atoms with Crippen molar-refractivity contribution in [2.45, 2.75) is 19.5 Å². The minimum atomic E-state index is 0.0354. The van der Waals surface area contributed by atoms with Crippen LogP contribution in [0.1, 0.15) is 16.8 Å². The van der Waals surface area contributed by atoms with Gasteiger partial charge in [-0.2, -0.15) is 0 Å². The SMILES string of the molecule is O=c1c(CN(CCc2ccccn2)Cc2ccc3ccccc3c2)coc2ccccc12. The molecule has 0 spiro atoms. The Morgan fingerprint density at radius 2 is 1.62 bits per heavy atom. The van der Waals surface area contributed by atoms with Crippen LogP contribution in [-0.4, -0.2) is 16.4 Å². The minimum Gasteiger partial charge on any atom is -0.464 e. The summed E-state index contributed by atoms with van der Waals surface area (Å²) in [4.78, 5) is 19.8. The normalized spacial score (nSPS) is 11.4. The lowest BCUT2D eigenvalue weighted by Gasteiger charge is -2.22. The van der Waals surface area contributed by atoms with E-state index in [2.05, 4.69) is 52.3 Å². The number of hydrogen-bond donors (Lipinski definition) is 0. The minimum absolute atomic E-state index is 0.0354. The Morgan fingerprint density at radius 1 is 0.812 bits per heavy atom. The third-order valence-electron chi connectivity index (χ3n) is 5.78. The third-order valence-corrected chi connectivity index (χ3v) is 5.78. The van der Waals surface area contributed by atoms with E-state index in [0.717, 1.165) is 25.2 Å². The Balaban J connectivity index is 1.43. The molecule has 0 aliphatic heterocycles. The van der Waals surface area contributed by atoms with Crippen LogP contribution in [0.15, 0.2) is 107 Å². The highest BCUT2D eigenvalue weighted by Gasteiger charge is 2.13. The summed E-state index contributed by atoms with van der Waals surface area (Å²) < 4.78 is 5.76. The van der Waals surface area contributed by atoms with Crippen LogP contribution in [0.4, 0.5) is 0 Å². The number of fused-ring (bicyclic) bond motifs is 2. The molecule has 0 atom stereocenters. The van der Waals surface area contributed by atoms with Crippen LogP contribution in [0.5, 0.6) is 0 Å². The van der Waals surface area contributed by atoms with E-state index in [0.29, 0.717) is 23.1 Å². The molecule has 5 rings (SSSR count). The maximum atomic E-state index is 13.1. The molecule has 0 N–H and O–H groups in total. The van der Waals surface area contributed by atoms with Gasteiger partial charge in [0.25, 0.3) is 0 Å². The van der Waals surface area contributed by atoms with Crippen molar-refractivity contribution in [2.75, 3.05) is 6.54 Å². The summed E-state index contributed by atoms with van der Waals surface area (Å²) in [6.45, 7) is 2.05. The van der Waals surface area contributed by atoms with Gasteiger partial charge in [0.1, 0.15) is 5.58 Å². The van der Waals surface area contributed by atoms with Crippen LogP contribution in [0, 0.1) is 0 Å². The monoisotopic (exact) mass is 420 g/mol. The molecule has 3 aromatic carbocycles. The number of aromatic nitrogens is 1. The van der Waals surface area contributed by atoms with Gasteiger partial charge in [-0.25, -0.2) is 0 Å². The van der Waals surface area contributed by atoms with Crippen LogP contribution in [0.2, 0.25) is 0 Å². The zero-order valence-electron chi connectivity index (χ0n) is 17.8. The van der Waals surface area contributed by atoms with Gasteiger partial charge >= 0.3 is 0 Å². The Morgan fingerprint density at radius 3 is 2.50 bits per heavy atom. The molecule has 5 aromatic rings. The Hall–Kier alpha value is -3.76. The maximum absolute atomic E-state index is 13.1. The molecular formula is C28H24N2O2. The van der Waals surface area contributed by atoms with Crippen molar-refractivity contribution in [1.82, 2.24) is 9.88 Å². The molecule has 0 radical (unpaired) electrons. The van der Waals surface area contributed by atoms with Crippen molar-refractivity contribution < 1.29 is 4.42 Å². The average molecular weight is 421 g/mol. The van der Waals surface area contributed by atoms with E-state index in [1.54, 1.807) is 6.26 Å². The van der Waals surface area contributed by atoms with E-state index in [1.807, 2.05) is 48.7 Å². The Bertz CT molecular complexity index is 1410. The van der Waals surface area contributed by atoms with Gasteiger partial charge in [0, 0.05) is 43.5 Å². The first-order chi connectivity index (χ1) is 15.8. The number of pyridine rings is 1. The van der Waals surface area contributed by atoms with Crippen LogP contribution < -0.4 is 5.43 Å². The standard InChI is InChI=1S/C28H24N2O2/c31-28-24(20-32-27-11-4-3-10-26(27)28)19-30(16-14-25-9-5-6-15-29-25)18-21-12-13-22-7-1-2-8-23(22)17-21/h1-13,15,17,20H,14,16,18-19H2. The highest BCUT2D eigenvalue weighted by molar-refractivity contribution is 5.83. The second-order valence-electron chi connectivity index (χ2n) is 8.05. The van der Waals surface area contributed by atoms with Gasteiger partial charge in [0.15, 0.2) is 5.43 Å². The van der Waals surface area contributed by atoms with E-state index in [-0.39, 0.29) is 5.43 Å². The van der Waals surface area contributed by atoms with Crippen molar-refractivity contribution in [3.63, 3.8) is 0 Å². The molecule has 0 aliphatic rings. The predicted octanol–water partition coefficient (Wildman–Crippen LogP) is 5.59. The summed E-state index contributed by atoms with van der Waals surface area (Å²) in [5.41, 5.74) is 3.59. The first-order valence-electron chi connectivity index (χ1n) is 10.9. The molecule has 4 heteroatoms. The van der Waals surface area contributed by atoms with Crippen LogP contribution >= 0.6 is 0 Å². The highest BCUT2D eigenvalue weighted by Crippen LogP contribution is 2.18. The Kier molecular flexibility index (Phi) is 5.77. The van der Waals surface area contributed by atoms with Crippen molar-refractivity contribution in [2.24, 2.45) is 0 Å². The smallest absolute Gasteiger partial charge is 0.197 e.